The summed E-state index contributed by atoms with van der Waals surface area (Å²) in [4.78, 5) is 60.4. The first-order valence-corrected chi connectivity index (χ1v) is 21.5. The number of rotatable bonds is 10. The molecule has 3 N–H and O–H groups in total. The lowest BCUT2D eigenvalue weighted by atomic mass is 9.90. The number of piperidine rings is 2. The molecule has 2 saturated carbocycles. The van der Waals surface area contributed by atoms with Crippen molar-refractivity contribution in [2.75, 3.05) is 20.3 Å². The third-order valence-electron chi connectivity index (χ3n) is 13.4. The number of halogens is 1. The molecule has 306 valence electrons. The number of alkyl carbamates (subject to hydrolysis) is 1. The molecule has 59 heavy (non-hydrogen) atoms. The fourth-order valence-electron chi connectivity index (χ4n) is 10.1. The van der Waals surface area contributed by atoms with Crippen LogP contribution in [0.15, 0.2) is 66.9 Å². The van der Waals surface area contributed by atoms with Crippen LogP contribution in [0.2, 0.25) is 5.15 Å². The van der Waals surface area contributed by atoms with Crippen molar-refractivity contribution in [3.05, 3.63) is 83.7 Å². The maximum absolute atomic E-state index is 14.2. The predicted molar refractivity (Wildman–Crippen MR) is 224 cm³/mol. The molecule has 5 heterocycles. The number of carbonyl (C=O) groups excluding carboxylic acids is 3. The van der Waals surface area contributed by atoms with Crippen LogP contribution in [0.4, 0.5) is 4.79 Å². The monoisotopic (exact) mass is 815 g/mol. The Kier molecular flexibility index (Phi) is 9.75. The van der Waals surface area contributed by atoms with Gasteiger partial charge in [-0.15, -0.1) is 0 Å². The number of imidazole rings is 2. The van der Waals surface area contributed by atoms with Gasteiger partial charge >= 0.3 is 6.09 Å². The summed E-state index contributed by atoms with van der Waals surface area (Å²) >= 11 is 6.73. The van der Waals surface area contributed by atoms with E-state index in [0.717, 1.165) is 81.7 Å². The lowest BCUT2D eigenvalue weighted by Gasteiger charge is -2.35. The molecule has 5 fully saturated rings. The number of nitrogens with one attached hydrogen (secondary N) is 3. The summed E-state index contributed by atoms with van der Waals surface area (Å²) < 4.78 is 10.5. The molecule has 2 aliphatic carbocycles. The highest BCUT2D eigenvalue weighted by molar-refractivity contribution is 6.32. The van der Waals surface area contributed by atoms with Crippen molar-refractivity contribution in [1.82, 2.24) is 35.1 Å². The van der Waals surface area contributed by atoms with Crippen LogP contribution >= 0.6 is 11.6 Å². The third-order valence-corrected chi connectivity index (χ3v) is 13.6. The molecule has 3 saturated heterocycles. The van der Waals surface area contributed by atoms with Crippen molar-refractivity contribution < 1.29 is 23.9 Å². The molecule has 10 rings (SSSR count). The second kappa shape index (κ2) is 15.1. The van der Waals surface area contributed by atoms with Crippen LogP contribution in [0, 0.1) is 23.7 Å². The van der Waals surface area contributed by atoms with Crippen LogP contribution in [-0.4, -0.2) is 86.1 Å². The second-order valence-corrected chi connectivity index (χ2v) is 18.0. The Bertz CT molecular complexity index is 2420. The Balaban J connectivity index is 0.838. The van der Waals surface area contributed by atoms with E-state index in [4.69, 9.17) is 31.0 Å². The first kappa shape index (κ1) is 38.0. The minimum absolute atomic E-state index is 0.0133. The van der Waals surface area contributed by atoms with Crippen LogP contribution in [0.25, 0.3) is 44.4 Å². The topological polar surface area (TPSA) is 146 Å². The number of likely N-dealkylation sites (tertiary alicyclic amines) is 2. The molecular weight excluding hydrogens is 766 g/mol. The predicted octanol–water partition coefficient (Wildman–Crippen LogP) is 8.46. The van der Waals surface area contributed by atoms with E-state index in [1.54, 1.807) is 0 Å². The number of hydrogen-bond donors (Lipinski definition) is 3. The van der Waals surface area contributed by atoms with Crippen molar-refractivity contribution in [2.24, 2.45) is 23.7 Å². The number of amides is 3. The van der Waals surface area contributed by atoms with Gasteiger partial charge in [-0.05, 0) is 96.2 Å². The number of aromatic nitrogens is 4. The van der Waals surface area contributed by atoms with E-state index in [-0.39, 0.29) is 35.9 Å². The first-order chi connectivity index (χ1) is 28.6. The largest absolute Gasteiger partial charge is 0.453 e. The van der Waals surface area contributed by atoms with Gasteiger partial charge in [0.05, 0.1) is 36.8 Å². The number of ether oxygens (including phenoxy) is 2. The average molecular weight is 816 g/mol. The minimum Gasteiger partial charge on any atom is -0.453 e. The summed E-state index contributed by atoms with van der Waals surface area (Å²) in [6.45, 7) is 5.32. The summed E-state index contributed by atoms with van der Waals surface area (Å²) in [6.07, 6.45) is 7.08. The average Bonchev–Trinajstić information content (AvgIpc) is 3.89. The normalized spacial score (nSPS) is 25.2. The lowest BCUT2D eigenvalue weighted by Crippen LogP contribution is -2.54. The molecule has 0 unspecified atom stereocenters. The molecule has 0 bridgehead atoms. The smallest absolute Gasteiger partial charge is 0.407 e. The van der Waals surface area contributed by atoms with Crippen molar-refractivity contribution in [2.45, 2.75) is 89.0 Å². The third kappa shape index (κ3) is 7.18. The van der Waals surface area contributed by atoms with Gasteiger partial charge in [-0.25, -0.2) is 14.8 Å². The molecule has 3 aliphatic heterocycles. The Labute approximate surface area is 348 Å². The van der Waals surface area contributed by atoms with Crippen molar-refractivity contribution in [1.29, 1.82) is 0 Å². The van der Waals surface area contributed by atoms with Gasteiger partial charge in [0.1, 0.15) is 17.7 Å². The van der Waals surface area contributed by atoms with Crippen molar-refractivity contribution in [3.8, 4) is 33.6 Å². The van der Waals surface area contributed by atoms with Gasteiger partial charge in [-0.1, -0.05) is 74.0 Å². The summed E-state index contributed by atoms with van der Waals surface area (Å²) in [5.74, 6) is 2.99. The Morgan fingerprint density at radius 3 is 2.15 bits per heavy atom. The van der Waals surface area contributed by atoms with Gasteiger partial charge in [0.25, 0.3) is 0 Å². The van der Waals surface area contributed by atoms with E-state index in [9.17, 15) is 14.4 Å². The van der Waals surface area contributed by atoms with E-state index in [1.807, 2.05) is 11.1 Å². The zero-order valence-electron chi connectivity index (χ0n) is 33.6. The van der Waals surface area contributed by atoms with Crippen molar-refractivity contribution >= 4 is 40.3 Å². The van der Waals surface area contributed by atoms with E-state index in [2.05, 4.69) is 94.7 Å². The van der Waals surface area contributed by atoms with Crippen LogP contribution in [0.5, 0.6) is 0 Å². The van der Waals surface area contributed by atoms with Gasteiger partial charge in [-0.2, -0.15) is 0 Å². The first-order valence-electron chi connectivity index (χ1n) is 21.1. The summed E-state index contributed by atoms with van der Waals surface area (Å²) in [5.41, 5.74) is 5.82. The molecule has 12 nitrogen and oxygen atoms in total. The molecule has 0 spiro atoms. The highest BCUT2D eigenvalue weighted by Gasteiger charge is 2.57. The van der Waals surface area contributed by atoms with Crippen LogP contribution in [-0.2, 0) is 19.1 Å². The number of hydrogen-bond acceptors (Lipinski definition) is 7. The van der Waals surface area contributed by atoms with Crippen molar-refractivity contribution in [3.63, 3.8) is 0 Å². The van der Waals surface area contributed by atoms with Crippen LogP contribution < -0.4 is 5.32 Å². The Morgan fingerprint density at radius 2 is 1.46 bits per heavy atom. The number of carbonyl (C=O) groups is 3. The number of H-pyrrole nitrogens is 2. The maximum atomic E-state index is 14.2. The van der Waals surface area contributed by atoms with E-state index in [0.29, 0.717) is 61.4 Å². The molecule has 3 aromatic carbocycles. The van der Waals surface area contributed by atoms with Gasteiger partial charge < -0.3 is 34.6 Å². The SMILES string of the molecule is COC(=O)N[C@H](C(=O)N1[C@@H]2C[C@@H]2C[C@H]1c1ncc(-c2ccc3cc(-c4ccc(-c5[nH]c([C@@H]6C[C@H]7C[C@H]7N6C(=O)CC(C)C)nc5Cl)cc4)ccc3c2)[nH]1)C1CCOCC1. The molecule has 13 heteroatoms. The summed E-state index contributed by atoms with van der Waals surface area (Å²) in [7, 11) is 1.33. The fourth-order valence-corrected chi connectivity index (χ4v) is 10.3. The van der Waals surface area contributed by atoms with Crippen LogP contribution in [0.3, 0.4) is 0 Å². The van der Waals surface area contributed by atoms with E-state index < -0.39 is 12.1 Å². The minimum atomic E-state index is -0.666. The zero-order chi connectivity index (χ0) is 40.5. The molecule has 3 amide bonds. The lowest BCUT2D eigenvalue weighted by molar-refractivity contribution is -0.138. The van der Waals surface area contributed by atoms with Gasteiger partial charge in [0, 0.05) is 42.8 Å². The highest BCUT2D eigenvalue weighted by atomic mass is 35.5. The number of fused-ring (bicyclic) bond motifs is 3. The number of methoxy groups -OCH3 is 1. The Hall–Kier alpha value is -5.20. The maximum Gasteiger partial charge on any atom is 0.407 e. The van der Waals surface area contributed by atoms with Gasteiger partial charge in [0.2, 0.25) is 11.8 Å². The number of aromatic amines is 2. The summed E-state index contributed by atoms with van der Waals surface area (Å²) in [5, 5.41) is 5.51. The second-order valence-electron chi connectivity index (χ2n) is 17.7. The molecule has 0 radical (unpaired) electrons. The number of benzene rings is 3. The van der Waals surface area contributed by atoms with Gasteiger partial charge in [0.15, 0.2) is 5.15 Å². The Morgan fingerprint density at radius 1 is 0.831 bits per heavy atom. The molecule has 5 aliphatic rings. The van der Waals surface area contributed by atoms with Crippen LogP contribution in [0.1, 0.15) is 82.5 Å². The summed E-state index contributed by atoms with van der Waals surface area (Å²) in [6, 6.07) is 20.8. The number of nitrogens with zero attached hydrogens (tertiary/aromatic N) is 4. The van der Waals surface area contributed by atoms with E-state index >= 15 is 0 Å². The fraction of sp³-hybridized carbons (Fsp3) is 0.457. The molecular formula is C46H50ClN7O5. The highest BCUT2D eigenvalue weighted by Crippen LogP contribution is 2.55. The standard InChI is InChI=1S/C46H50ClN7O5/c1-24(2)16-39(55)53-35-19-32(35)22-38(53)44-50-40(42(47)52-44)26-6-4-25(5-7-26)28-8-9-30-18-31(11-10-29(30)17-28)34-23-48-43(49-34)37-21-33-20-36(33)54(37)45(56)41(51-46(57)58-3)27-12-14-59-15-13-27/h4-11,17-18,23-24,27,32-33,35-38,41H,12-16,19-22H2,1-3H3,(H,48,49)(H,50,52)(H,51,57)/t32-,33-,35-,36-,37+,38+,41+/m1/s1. The van der Waals surface area contributed by atoms with Gasteiger partial charge in [-0.3, -0.25) is 9.59 Å². The van der Waals surface area contributed by atoms with E-state index in [1.165, 1.54) is 7.11 Å². The molecule has 5 aromatic rings. The molecule has 2 aromatic heterocycles. The zero-order valence-corrected chi connectivity index (χ0v) is 34.4. The molecule has 7 atom stereocenters. The quantitative estimate of drug-likeness (QED) is 0.128.